The summed E-state index contributed by atoms with van der Waals surface area (Å²) in [5.74, 6) is -0.491. The number of carbonyl (C=O) groups excluding carboxylic acids is 1. The normalized spacial score (nSPS) is 15.0. The summed E-state index contributed by atoms with van der Waals surface area (Å²) < 4.78 is 9.21. The molecule has 1 atom stereocenters. The molecule has 43 heavy (non-hydrogen) atoms. The molecule has 3 aromatic carbocycles. The summed E-state index contributed by atoms with van der Waals surface area (Å²) >= 11 is 7.44. The van der Waals surface area contributed by atoms with Crippen molar-refractivity contribution in [1.82, 2.24) is 14.3 Å². The van der Waals surface area contributed by atoms with Gasteiger partial charge in [0.25, 0.3) is 5.56 Å². The molecule has 0 saturated carbocycles. The number of aromatic nitrogens is 3. The van der Waals surface area contributed by atoms with Crippen molar-refractivity contribution in [2.24, 2.45) is 4.99 Å². The second kappa shape index (κ2) is 12.2. The number of esters is 1. The van der Waals surface area contributed by atoms with Gasteiger partial charge in [0.15, 0.2) is 4.80 Å². The molecule has 1 unspecified atom stereocenters. The fourth-order valence-corrected chi connectivity index (χ4v) is 6.13. The Morgan fingerprint density at radius 2 is 1.72 bits per heavy atom. The quantitative estimate of drug-likeness (QED) is 0.214. The fourth-order valence-electron chi connectivity index (χ4n) is 4.96. The highest BCUT2D eigenvalue weighted by atomic mass is 35.5. The molecule has 0 radical (unpaired) electrons. The van der Waals surface area contributed by atoms with Crippen LogP contribution in [0.1, 0.15) is 31.0 Å². The van der Waals surface area contributed by atoms with Crippen molar-refractivity contribution in [3.8, 4) is 16.9 Å². The molecular weight excluding hydrogens is 580 g/mol. The number of fused-ring (bicyclic) bond motifs is 1. The Morgan fingerprint density at radius 1 is 1.02 bits per heavy atom. The number of ether oxygens (including phenoxy) is 1. The van der Waals surface area contributed by atoms with Crippen LogP contribution >= 0.6 is 22.9 Å². The molecular formula is C34H27ClN4O3S. The predicted molar refractivity (Wildman–Crippen MR) is 171 cm³/mol. The summed E-state index contributed by atoms with van der Waals surface area (Å²) in [6, 6.07) is 26.3. The molecule has 0 aliphatic carbocycles. The third kappa shape index (κ3) is 5.80. The predicted octanol–water partition coefficient (Wildman–Crippen LogP) is 5.97. The Labute approximate surface area is 257 Å². The van der Waals surface area contributed by atoms with Crippen LogP contribution in [-0.4, -0.2) is 26.9 Å². The monoisotopic (exact) mass is 606 g/mol. The van der Waals surface area contributed by atoms with Crippen LogP contribution in [0.5, 0.6) is 0 Å². The smallest absolute Gasteiger partial charge is 0.338 e. The number of halogens is 1. The Morgan fingerprint density at radius 3 is 2.42 bits per heavy atom. The Hall–Kier alpha value is -4.79. The molecule has 7 nitrogen and oxygen atoms in total. The van der Waals surface area contributed by atoms with E-state index in [0.717, 1.165) is 22.4 Å². The number of rotatable bonds is 7. The van der Waals surface area contributed by atoms with E-state index in [4.69, 9.17) is 21.4 Å². The summed E-state index contributed by atoms with van der Waals surface area (Å²) in [6.07, 6.45) is 7.50. The van der Waals surface area contributed by atoms with E-state index in [9.17, 15) is 9.59 Å². The van der Waals surface area contributed by atoms with E-state index in [0.29, 0.717) is 31.3 Å². The third-order valence-electron chi connectivity index (χ3n) is 7.00. The third-order valence-corrected chi connectivity index (χ3v) is 8.23. The van der Waals surface area contributed by atoms with Crippen molar-refractivity contribution in [2.45, 2.75) is 19.9 Å². The van der Waals surface area contributed by atoms with E-state index in [1.54, 1.807) is 23.1 Å². The van der Waals surface area contributed by atoms with Gasteiger partial charge in [0.2, 0.25) is 0 Å². The van der Waals surface area contributed by atoms with Crippen LogP contribution in [0.2, 0.25) is 5.02 Å². The van der Waals surface area contributed by atoms with Crippen LogP contribution in [0.4, 0.5) is 0 Å². The zero-order valence-electron chi connectivity index (χ0n) is 23.5. The Kier molecular flexibility index (Phi) is 8.05. The standard InChI is InChI=1S/C34H27ClN4O3S/c1-3-42-33(41)30-22(2)36-34-39(28(30)19-14-23-10-6-4-7-11-23)32(40)29(43-34)20-25-21-38(27-12-8-5-9-13-27)37-31(25)24-15-17-26(35)18-16-24/h4-21,28H,3H2,1-2H3/b19-14-,29-20-. The maximum atomic E-state index is 14.1. The lowest BCUT2D eigenvalue weighted by Gasteiger charge is -2.21. The van der Waals surface area contributed by atoms with E-state index in [2.05, 4.69) is 4.99 Å². The number of allylic oxidation sites excluding steroid dienone is 2. The summed E-state index contributed by atoms with van der Waals surface area (Å²) in [6.45, 7) is 3.75. The molecule has 3 heterocycles. The largest absolute Gasteiger partial charge is 0.463 e. The van der Waals surface area contributed by atoms with Gasteiger partial charge in [-0.15, -0.1) is 0 Å². The maximum absolute atomic E-state index is 14.1. The van der Waals surface area contributed by atoms with Crippen molar-refractivity contribution in [3.63, 3.8) is 0 Å². The van der Waals surface area contributed by atoms with Crippen molar-refractivity contribution in [3.05, 3.63) is 144 Å². The number of benzene rings is 3. The lowest BCUT2D eigenvalue weighted by Crippen LogP contribution is -2.38. The van der Waals surface area contributed by atoms with E-state index >= 15 is 0 Å². The van der Waals surface area contributed by atoms with Gasteiger partial charge < -0.3 is 4.74 Å². The minimum Gasteiger partial charge on any atom is -0.463 e. The van der Waals surface area contributed by atoms with E-state index in [1.807, 2.05) is 109 Å². The molecule has 0 amide bonds. The second-order valence-electron chi connectivity index (χ2n) is 9.83. The topological polar surface area (TPSA) is 78.5 Å². The highest BCUT2D eigenvalue weighted by molar-refractivity contribution is 7.07. The highest BCUT2D eigenvalue weighted by Crippen LogP contribution is 2.28. The van der Waals surface area contributed by atoms with Crippen LogP contribution in [0.25, 0.3) is 29.1 Å². The zero-order chi connectivity index (χ0) is 29.9. The van der Waals surface area contributed by atoms with Crippen LogP contribution < -0.4 is 14.9 Å². The highest BCUT2D eigenvalue weighted by Gasteiger charge is 2.30. The first-order valence-electron chi connectivity index (χ1n) is 13.8. The minimum atomic E-state index is -0.680. The average Bonchev–Trinajstić information content (AvgIpc) is 3.57. The van der Waals surface area contributed by atoms with Gasteiger partial charge in [0.1, 0.15) is 5.69 Å². The summed E-state index contributed by atoms with van der Waals surface area (Å²) in [4.78, 5) is 32.3. The molecule has 0 saturated heterocycles. The lowest BCUT2D eigenvalue weighted by molar-refractivity contribution is -0.139. The second-order valence-corrected chi connectivity index (χ2v) is 11.3. The number of nitrogens with zero attached hydrogens (tertiary/aromatic N) is 4. The minimum absolute atomic E-state index is 0.216. The Bertz CT molecular complexity index is 2040. The molecule has 0 bridgehead atoms. The molecule has 1 aliphatic heterocycles. The molecule has 1 aliphatic rings. The molecule has 0 spiro atoms. The summed E-state index contributed by atoms with van der Waals surface area (Å²) in [5, 5.41) is 5.49. The van der Waals surface area contributed by atoms with Crippen LogP contribution in [0.3, 0.4) is 0 Å². The SMILES string of the molecule is CCOC(=O)C1=C(C)N=c2s/c(=C\c3cn(-c4ccccc4)nc3-c3ccc(Cl)cc3)c(=O)n2C1/C=C\c1ccccc1. The van der Waals surface area contributed by atoms with Crippen LogP contribution in [-0.2, 0) is 9.53 Å². The van der Waals surface area contributed by atoms with Gasteiger partial charge in [-0.3, -0.25) is 9.36 Å². The first-order chi connectivity index (χ1) is 20.9. The van der Waals surface area contributed by atoms with E-state index in [-0.39, 0.29) is 12.2 Å². The zero-order valence-corrected chi connectivity index (χ0v) is 25.0. The first kappa shape index (κ1) is 28.3. The van der Waals surface area contributed by atoms with Crippen LogP contribution in [0.15, 0.2) is 118 Å². The van der Waals surface area contributed by atoms with Crippen molar-refractivity contribution < 1.29 is 9.53 Å². The number of para-hydroxylation sites is 1. The number of hydrogen-bond donors (Lipinski definition) is 0. The van der Waals surface area contributed by atoms with Crippen LogP contribution in [0, 0.1) is 0 Å². The number of hydrogen-bond acceptors (Lipinski definition) is 6. The maximum Gasteiger partial charge on any atom is 0.338 e. The van der Waals surface area contributed by atoms with Gasteiger partial charge >= 0.3 is 5.97 Å². The average molecular weight is 607 g/mol. The molecule has 0 fully saturated rings. The molecule has 214 valence electrons. The molecule has 9 heteroatoms. The van der Waals surface area contributed by atoms with Gasteiger partial charge in [0, 0.05) is 22.3 Å². The van der Waals surface area contributed by atoms with E-state index < -0.39 is 12.0 Å². The van der Waals surface area contributed by atoms with Gasteiger partial charge in [0.05, 0.1) is 34.1 Å². The molecule has 6 rings (SSSR count). The Balaban J connectivity index is 1.52. The molecule has 5 aromatic rings. The van der Waals surface area contributed by atoms with Gasteiger partial charge in [-0.05, 0) is 49.8 Å². The van der Waals surface area contributed by atoms with Gasteiger partial charge in [-0.25, -0.2) is 14.5 Å². The summed E-state index contributed by atoms with van der Waals surface area (Å²) in [5.41, 5.74) is 4.77. The van der Waals surface area contributed by atoms with Crippen molar-refractivity contribution in [1.29, 1.82) is 0 Å². The molecule has 2 aromatic heterocycles. The van der Waals surface area contributed by atoms with Gasteiger partial charge in [-0.1, -0.05) is 95.8 Å². The van der Waals surface area contributed by atoms with Crippen molar-refractivity contribution in [2.75, 3.05) is 6.61 Å². The lowest BCUT2D eigenvalue weighted by atomic mass is 10.0. The molecule has 0 N–H and O–H groups in total. The van der Waals surface area contributed by atoms with Gasteiger partial charge in [-0.2, -0.15) is 5.10 Å². The van der Waals surface area contributed by atoms with Crippen molar-refractivity contribution >= 4 is 41.1 Å². The summed E-state index contributed by atoms with van der Waals surface area (Å²) in [7, 11) is 0. The number of carbonyl (C=O) groups is 1. The first-order valence-corrected chi connectivity index (χ1v) is 15.0. The number of thiazole rings is 1. The van der Waals surface area contributed by atoms with E-state index in [1.165, 1.54) is 11.3 Å². The fraction of sp³-hybridized carbons (Fsp3) is 0.118.